The molecule has 0 atom stereocenters. The number of rotatable bonds is 6. The van der Waals surface area contributed by atoms with Gasteiger partial charge in [0.1, 0.15) is 5.70 Å². The number of hydrogen-bond donors (Lipinski definition) is 3. The van der Waals surface area contributed by atoms with Gasteiger partial charge in [-0.2, -0.15) is 0 Å². The van der Waals surface area contributed by atoms with Crippen LogP contribution in [-0.4, -0.2) is 30.1 Å². The Balaban J connectivity index is 1.78. The van der Waals surface area contributed by atoms with Crippen molar-refractivity contribution >= 4 is 17.4 Å². The van der Waals surface area contributed by atoms with Crippen molar-refractivity contribution in [1.82, 2.24) is 21.1 Å². The fourth-order valence-corrected chi connectivity index (χ4v) is 4.85. The summed E-state index contributed by atoms with van der Waals surface area (Å²) in [5, 5.41) is 12.9. The van der Waals surface area contributed by atoms with Gasteiger partial charge in [0.05, 0.1) is 0 Å². The molecule has 0 bridgehead atoms. The Morgan fingerprint density at radius 2 is 1.81 bits per heavy atom. The first-order valence-corrected chi connectivity index (χ1v) is 11.8. The lowest BCUT2D eigenvalue weighted by Crippen LogP contribution is -2.42. The van der Waals surface area contributed by atoms with Crippen molar-refractivity contribution < 1.29 is 14.1 Å². The zero-order valence-corrected chi connectivity index (χ0v) is 20.4. The van der Waals surface area contributed by atoms with Crippen LogP contribution >= 0.6 is 0 Å². The predicted molar refractivity (Wildman–Crippen MR) is 126 cm³/mol. The van der Waals surface area contributed by atoms with Gasteiger partial charge < -0.3 is 20.5 Å². The highest BCUT2D eigenvalue weighted by Crippen LogP contribution is 2.43. The summed E-state index contributed by atoms with van der Waals surface area (Å²) >= 11 is 0. The highest BCUT2D eigenvalue weighted by atomic mass is 16.5. The maximum absolute atomic E-state index is 13.1. The standard InChI is InChI=1S/C25H38N4O3/c1-15-14-25(4,5)13-12-19(15)22-16(2)20(29-32-22)23(30)28-21(17(3)26-6)24(31)27-18-10-8-7-9-11-18/h18,26H,7-14H2,1-6H3,(H,27,31)(H,28,30)/b21-17+. The van der Waals surface area contributed by atoms with Gasteiger partial charge in [0.25, 0.3) is 11.8 Å². The van der Waals surface area contributed by atoms with Crippen LogP contribution in [0.15, 0.2) is 21.5 Å². The second-order valence-corrected chi connectivity index (χ2v) is 10.1. The highest BCUT2D eigenvalue weighted by molar-refractivity contribution is 6.03. The molecular weight excluding hydrogens is 404 g/mol. The second-order valence-electron chi connectivity index (χ2n) is 10.1. The van der Waals surface area contributed by atoms with E-state index in [1.165, 1.54) is 12.0 Å². The number of carbonyl (C=O) groups is 2. The molecule has 1 aromatic rings. The third-order valence-corrected chi connectivity index (χ3v) is 6.88. The summed E-state index contributed by atoms with van der Waals surface area (Å²) in [5.74, 6) is -0.0208. The number of amides is 2. The largest absolute Gasteiger partial charge is 0.390 e. The van der Waals surface area contributed by atoms with Crippen molar-refractivity contribution in [2.45, 2.75) is 92.0 Å². The van der Waals surface area contributed by atoms with Crippen molar-refractivity contribution in [2.24, 2.45) is 5.41 Å². The topological polar surface area (TPSA) is 96.3 Å². The minimum atomic E-state index is -0.435. The van der Waals surface area contributed by atoms with Crippen LogP contribution in [0.1, 0.15) is 101 Å². The molecule has 0 unspecified atom stereocenters. The Morgan fingerprint density at radius 3 is 2.44 bits per heavy atom. The number of carbonyl (C=O) groups excluding carboxylic acids is 2. The molecule has 0 aliphatic heterocycles. The molecule has 1 fully saturated rings. The molecule has 0 saturated heterocycles. The first kappa shape index (κ1) is 24.1. The molecule has 1 aromatic heterocycles. The molecule has 1 saturated carbocycles. The van der Waals surface area contributed by atoms with E-state index >= 15 is 0 Å². The van der Waals surface area contributed by atoms with Gasteiger partial charge >= 0.3 is 0 Å². The van der Waals surface area contributed by atoms with E-state index in [1.54, 1.807) is 14.0 Å². The molecule has 0 aromatic carbocycles. The van der Waals surface area contributed by atoms with Crippen LogP contribution in [0.25, 0.3) is 5.57 Å². The normalized spacial score (nSPS) is 19.9. The molecule has 176 valence electrons. The summed E-state index contributed by atoms with van der Waals surface area (Å²) in [6.45, 7) is 10.3. The number of allylic oxidation sites excluding steroid dienone is 3. The SMILES string of the molecule is CN/C(C)=C(/NC(=O)c1noc(C2=C(C)CC(C)(C)CC2)c1C)C(=O)NC1CCCCC1. The number of nitrogens with zero attached hydrogens (tertiary/aromatic N) is 1. The van der Waals surface area contributed by atoms with Gasteiger partial charge in [0.2, 0.25) is 0 Å². The zero-order valence-electron chi connectivity index (χ0n) is 20.4. The lowest BCUT2D eigenvalue weighted by molar-refractivity contribution is -0.118. The van der Waals surface area contributed by atoms with E-state index in [1.807, 2.05) is 6.92 Å². The third kappa shape index (κ3) is 5.43. The van der Waals surface area contributed by atoms with Crippen LogP contribution in [0.5, 0.6) is 0 Å². The van der Waals surface area contributed by atoms with Gasteiger partial charge in [0, 0.05) is 24.4 Å². The monoisotopic (exact) mass is 442 g/mol. The van der Waals surface area contributed by atoms with Crippen molar-refractivity contribution in [3.05, 3.63) is 34.0 Å². The molecule has 3 N–H and O–H groups in total. The summed E-state index contributed by atoms with van der Waals surface area (Å²) in [7, 11) is 1.73. The molecule has 7 nitrogen and oxygen atoms in total. The van der Waals surface area contributed by atoms with Crippen molar-refractivity contribution in [3.8, 4) is 0 Å². The molecule has 2 amide bonds. The van der Waals surface area contributed by atoms with E-state index in [-0.39, 0.29) is 28.8 Å². The first-order valence-electron chi connectivity index (χ1n) is 11.8. The summed E-state index contributed by atoms with van der Waals surface area (Å²) in [6.07, 6.45) is 8.37. The third-order valence-electron chi connectivity index (χ3n) is 6.88. The smallest absolute Gasteiger partial charge is 0.278 e. The Bertz CT molecular complexity index is 933. The van der Waals surface area contributed by atoms with Crippen LogP contribution in [0.3, 0.4) is 0 Å². The van der Waals surface area contributed by atoms with Crippen molar-refractivity contribution in [2.75, 3.05) is 7.05 Å². The van der Waals surface area contributed by atoms with Crippen molar-refractivity contribution in [3.63, 3.8) is 0 Å². The molecule has 0 spiro atoms. The van der Waals surface area contributed by atoms with Crippen LogP contribution in [-0.2, 0) is 4.79 Å². The summed E-state index contributed by atoms with van der Waals surface area (Å²) < 4.78 is 5.64. The number of nitrogens with one attached hydrogen (secondary N) is 3. The Kier molecular flexibility index (Phi) is 7.47. The predicted octanol–water partition coefficient (Wildman–Crippen LogP) is 4.60. The molecule has 7 heteroatoms. The lowest BCUT2D eigenvalue weighted by atomic mass is 9.74. The Morgan fingerprint density at radius 1 is 1.12 bits per heavy atom. The van der Waals surface area contributed by atoms with E-state index in [4.69, 9.17) is 4.52 Å². The summed E-state index contributed by atoms with van der Waals surface area (Å²) in [5.41, 5.74) is 4.46. The minimum absolute atomic E-state index is 0.152. The van der Waals surface area contributed by atoms with E-state index in [0.29, 0.717) is 17.0 Å². The summed E-state index contributed by atoms with van der Waals surface area (Å²) in [6, 6.07) is 0.152. The highest BCUT2D eigenvalue weighted by Gasteiger charge is 2.30. The quantitative estimate of drug-likeness (QED) is 0.560. The maximum Gasteiger partial charge on any atom is 0.278 e. The Hall–Kier alpha value is -2.57. The minimum Gasteiger partial charge on any atom is -0.390 e. The van der Waals surface area contributed by atoms with E-state index in [2.05, 4.69) is 41.9 Å². The molecule has 2 aliphatic carbocycles. The molecule has 2 aliphatic rings. The van der Waals surface area contributed by atoms with Crippen molar-refractivity contribution in [1.29, 1.82) is 0 Å². The van der Waals surface area contributed by atoms with Crippen LogP contribution in [0, 0.1) is 12.3 Å². The van der Waals surface area contributed by atoms with Gasteiger partial charge in [-0.15, -0.1) is 0 Å². The van der Waals surface area contributed by atoms with Crippen LogP contribution < -0.4 is 16.0 Å². The number of aromatic nitrogens is 1. The maximum atomic E-state index is 13.1. The summed E-state index contributed by atoms with van der Waals surface area (Å²) in [4.78, 5) is 26.0. The zero-order chi connectivity index (χ0) is 23.5. The molecular formula is C25H38N4O3. The molecule has 0 radical (unpaired) electrons. The first-order chi connectivity index (χ1) is 15.1. The van der Waals surface area contributed by atoms with Crippen LogP contribution in [0.4, 0.5) is 0 Å². The molecule has 3 rings (SSSR count). The fourth-order valence-electron chi connectivity index (χ4n) is 4.85. The van der Waals surface area contributed by atoms with E-state index < -0.39 is 5.91 Å². The van der Waals surface area contributed by atoms with E-state index in [9.17, 15) is 9.59 Å². The fraction of sp³-hybridized carbons (Fsp3) is 0.640. The molecule has 1 heterocycles. The van der Waals surface area contributed by atoms with Gasteiger partial charge in [-0.05, 0) is 63.9 Å². The lowest BCUT2D eigenvalue weighted by Gasteiger charge is -2.31. The average molecular weight is 443 g/mol. The van der Waals surface area contributed by atoms with Gasteiger partial charge in [-0.1, -0.05) is 43.8 Å². The van der Waals surface area contributed by atoms with Gasteiger partial charge in [-0.25, -0.2) is 0 Å². The van der Waals surface area contributed by atoms with Crippen LogP contribution in [0.2, 0.25) is 0 Å². The van der Waals surface area contributed by atoms with Gasteiger partial charge in [-0.3, -0.25) is 9.59 Å². The second kappa shape index (κ2) is 9.92. The number of hydrogen-bond acceptors (Lipinski definition) is 5. The Labute approximate surface area is 191 Å². The average Bonchev–Trinajstić information content (AvgIpc) is 3.12. The van der Waals surface area contributed by atoms with E-state index in [0.717, 1.165) is 50.5 Å². The van der Waals surface area contributed by atoms with Gasteiger partial charge in [0.15, 0.2) is 11.5 Å². The molecule has 32 heavy (non-hydrogen) atoms.